The summed E-state index contributed by atoms with van der Waals surface area (Å²) in [5.74, 6) is 0.884. The van der Waals surface area contributed by atoms with Crippen LogP contribution in [0.1, 0.15) is 63.8 Å². The van der Waals surface area contributed by atoms with Crippen LogP contribution in [-0.4, -0.2) is 0 Å². The summed E-state index contributed by atoms with van der Waals surface area (Å²) in [6.45, 7) is 13.8. The van der Waals surface area contributed by atoms with E-state index in [4.69, 9.17) is 10.00 Å². The molecule has 0 aromatic heterocycles. The molecule has 0 atom stereocenters. The predicted molar refractivity (Wildman–Crippen MR) is 99.3 cm³/mol. The van der Waals surface area contributed by atoms with E-state index < -0.39 is 0 Å². The Hall–Kier alpha value is -2.27. The van der Waals surface area contributed by atoms with Crippen LogP contribution in [0, 0.1) is 11.3 Å². The number of hydrogen-bond acceptors (Lipinski definition) is 2. The Labute approximate surface area is 146 Å². The molecule has 0 heterocycles. The van der Waals surface area contributed by atoms with Crippen molar-refractivity contribution in [3.05, 3.63) is 64.7 Å². The number of ether oxygens (including phenoxy) is 1. The average Bonchev–Trinajstić information content (AvgIpc) is 2.51. The second-order valence-electron chi connectivity index (χ2n) is 8.35. The van der Waals surface area contributed by atoms with Gasteiger partial charge in [-0.15, -0.1) is 0 Å². The summed E-state index contributed by atoms with van der Waals surface area (Å²) in [5.41, 5.74) is 4.36. The largest absolute Gasteiger partial charge is 0.489 e. The van der Waals surface area contributed by atoms with Crippen molar-refractivity contribution in [2.24, 2.45) is 0 Å². The van der Waals surface area contributed by atoms with Gasteiger partial charge < -0.3 is 4.74 Å². The van der Waals surface area contributed by atoms with Crippen LogP contribution in [0.2, 0.25) is 0 Å². The van der Waals surface area contributed by atoms with Crippen molar-refractivity contribution in [2.75, 3.05) is 0 Å². The molecule has 2 rings (SSSR count). The third-order valence-electron chi connectivity index (χ3n) is 4.10. The molecule has 0 aliphatic carbocycles. The molecule has 2 heteroatoms. The van der Waals surface area contributed by atoms with Gasteiger partial charge in [-0.05, 0) is 51.8 Å². The molecular formula is C22H27NO. The van der Waals surface area contributed by atoms with Gasteiger partial charge in [-0.3, -0.25) is 0 Å². The Morgan fingerprint density at radius 3 is 1.96 bits per heavy atom. The highest BCUT2D eigenvalue weighted by Crippen LogP contribution is 2.33. The van der Waals surface area contributed by atoms with E-state index in [1.807, 2.05) is 18.2 Å². The topological polar surface area (TPSA) is 33.0 Å². The Bertz CT molecular complexity index is 723. The van der Waals surface area contributed by atoms with Crippen molar-refractivity contribution >= 4 is 0 Å². The van der Waals surface area contributed by atoms with Crippen molar-refractivity contribution in [3.8, 4) is 11.8 Å². The van der Waals surface area contributed by atoms with Gasteiger partial charge in [0.05, 0.1) is 11.6 Å². The van der Waals surface area contributed by atoms with Crippen molar-refractivity contribution in [1.82, 2.24) is 0 Å². The summed E-state index contributed by atoms with van der Waals surface area (Å²) in [5, 5.41) is 9.01. The average molecular weight is 321 g/mol. The molecule has 0 saturated heterocycles. The molecule has 0 aliphatic rings. The number of nitriles is 1. The van der Waals surface area contributed by atoms with E-state index >= 15 is 0 Å². The molecule has 0 bridgehead atoms. The smallest absolute Gasteiger partial charge is 0.120 e. The number of rotatable bonds is 3. The Morgan fingerprint density at radius 2 is 1.46 bits per heavy atom. The molecule has 24 heavy (non-hydrogen) atoms. The monoisotopic (exact) mass is 321 g/mol. The fourth-order valence-corrected chi connectivity index (χ4v) is 2.45. The van der Waals surface area contributed by atoms with Crippen molar-refractivity contribution < 1.29 is 4.74 Å². The summed E-state index contributed by atoms with van der Waals surface area (Å²) >= 11 is 0. The van der Waals surface area contributed by atoms with E-state index in [-0.39, 0.29) is 10.8 Å². The summed E-state index contributed by atoms with van der Waals surface area (Å²) in [6, 6.07) is 16.3. The number of nitrogens with zero attached hydrogens (tertiary/aromatic N) is 1. The molecule has 126 valence electrons. The fourth-order valence-electron chi connectivity index (χ4n) is 2.45. The molecule has 0 unspecified atom stereocenters. The minimum Gasteiger partial charge on any atom is -0.489 e. The maximum atomic E-state index is 9.01. The summed E-state index contributed by atoms with van der Waals surface area (Å²) in [6.07, 6.45) is 0. The Kier molecular flexibility index (Phi) is 5.04. The van der Waals surface area contributed by atoms with Gasteiger partial charge in [0.25, 0.3) is 0 Å². The highest BCUT2D eigenvalue weighted by atomic mass is 16.5. The molecule has 2 nitrogen and oxygen atoms in total. The molecule has 2 aromatic rings. The van der Waals surface area contributed by atoms with E-state index in [9.17, 15) is 0 Å². The summed E-state index contributed by atoms with van der Waals surface area (Å²) in [7, 11) is 0. The van der Waals surface area contributed by atoms with Crippen LogP contribution in [0.5, 0.6) is 5.75 Å². The molecule has 0 N–H and O–H groups in total. The fraction of sp³-hybridized carbons (Fsp3) is 0.409. The first kappa shape index (κ1) is 18.1. The van der Waals surface area contributed by atoms with Gasteiger partial charge in [-0.1, -0.05) is 59.7 Å². The van der Waals surface area contributed by atoms with Crippen LogP contribution < -0.4 is 4.74 Å². The van der Waals surface area contributed by atoms with Crippen LogP contribution in [-0.2, 0) is 17.4 Å². The van der Waals surface area contributed by atoms with Gasteiger partial charge in [0.15, 0.2) is 0 Å². The van der Waals surface area contributed by atoms with Crippen LogP contribution in [0.25, 0.3) is 0 Å². The lowest BCUT2D eigenvalue weighted by atomic mass is 9.80. The van der Waals surface area contributed by atoms with E-state index in [2.05, 4.69) is 65.8 Å². The van der Waals surface area contributed by atoms with Crippen LogP contribution in [0.4, 0.5) is 0 Å². The molecule has 0 spiro atoms. The minimum atomic E-state index is 0.0695. The second-order valence-corrected chi connectivity index (χ2v) is 8.35. The zero-order valence-corrected chi connectivity index (χ0v) is 15.6. The second kappa shape index (κ2) is 6.69. The highest BCUT2D eigenvalue weighted by Gasteiger charge is 2.20. The summed E-state index contributed by atoms with van der Waals surface area (Å²) < 4.78 is 6.05. The van der Waals surface area contributed by atoms with Crippen molar-refractivity contribution in [2.45, 2.75) is 59.0 Å². The highest BCUT2D eigenvalue weighted by molar-refractivity contribution is 5.41. The lowest BCUT2D eigenvalue weighted by Crippen LogP contribution is -2.16. The van der Waals surface area contributed by atoms with Gasteiger partial charge in [-0.25, -0.2) is 0 Å². The van der Waals surface area contributed by atoms with Crippen LogP contribution in [0.15, 0.2) is 42.5 Å². The molecule has 0 amide bonds. The van der Waals surface area contributed by atoms with E-state index in [0.29, 0.717) is 12.2 Å². The van der Waals surface area contributed by atoms with Gasteiger partial charge in [0.2, 0.25) is 0 Å². The lowest BCUT2D eigenvalue weighted by molar-refractivity contribution is 0.304. The first-order valence-electron chi connectivity index (χ1n) is 8.37. The molecule has 0 saturated carbocycles. The third-order valence-corrected chi connectivity index (χ3v) is 4.10. The van der Waals surface area contributed by atoms with Gasteiger partial charge in [-0.2, -0.15) is 5.26 Å². The third kappa shape index (κ3) is 4.61. The zero-order valence-electron chi connectivity index (χ0n) is 15.6. The van der Waals surface area contributed by atoms with Gasteiger partial charge in [0, 0.05) is 0 Å². The lowest BCUT2D eigenvalue weighted by Gasteiger charge is -2.26. The Morgan fingerprint density at radius 1 is 0.875 bits per heavy atom. The van der Waals surface area contributed by atoms with Crippen molar-refractivity contribution in [1.29, 1.82) is 5.26 Å². The normalized spacial score (nSPS) is 11.9. The first-order valence-corrected chi connectivity index (χ1v) is 8.37. The zero-order chi connectivity index (χ0) is 18.0. The molecule has 0 aliphatic heterocycles. The van der Waals surface area contributed by atoms with E-state index in [1.165, 1.54) is 11.1 Å². The van der Waals surface area contributed by atoms with Crippen LogP contribution in [0.3, 0.4) is 0 Å². The first-order chi connectivity index (χ1) is 11.1. The standard InChI is InChI=1S/C22H27NO/c1-21(2,3)18-11-19(22(4,5)6)13-20(12-18)24-15-17-9-7-8-16(10-17)14-23/h7-13H,15H2,1-6H3. The molecular weight excluding hydrogens is 294 g/mol. The van der Waals surface area contributed by atoms with Crippen molar-refractivity contribution in [3.63, 3.8) is 0 Å². The number of hydrogen-bond donors (Lipinski definition) is 0. The quantitative estimate of drug-likeness (QED) is 0.723. The van der Waals surface area contributed by atoms with Gasteiger partial charge >= 0.3 is 0 Å². The van der Waals surface area contributed by atoms with Gasteiger partial charge in [0.1, 0.15) is 12.4 Å². The maximum absolute atomic E-state index is 9.01. The van der Waals surface area contributed by atoms with Crippen LogP contribution >= 0.6 is 0 Å². The SMILES string of the molecule is CC(C)(C)c1cc(OCc2cccc(C#N)c2)cc(C(C)(C)C)c1. The maximum Gasteiger partial charge on any atom is 0.120 e. The van der Waals surface area contributed by atoms with E-state index in [1.54, 1.807) is 6.07 Å². The molecule has 2 aromatic carbocycles. The molecule has 0 radical (unpaired) electrons. The Balaban J connectivity index is 2.30. The number of benzene rings is 2. The summed E-state index contributed by atoms with van der Waals surface area (Å²) in [4.78, 5) is 0. The minimum absolute atomic E-state index is 0.0695. The van der Waals surface area contributed by atoms with E-state index in [0.717, 1.165) is 11.3 Å². The molecule has 0 fully saturated rings. The predicted octanol–water partition coefficient (Wildman–Crippen LogP) is 5.73.